The molecule has 2 aromatic rings. The molecule has 1 aromatic heterocycles. The van der Waals surface area contributed by atoms with E-state index >= 15 is 0 Å². The van der Waals surface area contributed by atoms with Gasteiger partial charge in [-0.05, 0) is 31.9 Å². The normalized spacial score (nSPS) is 16.3. The second-order valence-electron chi connectivity index (χ2n) is 7.17. The molecule has 1 atom stereocenters. The van der Waals surface area contributed by atoms with E-state index in [0.717, 1.165) is 24.5 Å². The van der Waals surface area contributed by atoms with Crippen LogP contribution in [-0.4, -0.2) is 49.8 Å². The van der Waals surface area contributed by atoms with Crippen LogP contribution in [-0.2, 0) is 14.6 Å². The predicted molar refractivity (Wildman–Crippen MR) is 112 cm³/mol. The Labute approximate surface area is 176 Å². The molecule has 9 heteroatoms. The highest BCUT2D eigenvalue weighted by atomic mass is 32.2. The molecule has 0 bridgehead atoms. The third-order valence-electron chi connectivity index (χ3n) is 4.53. The van der Waals surface area contributed by atoms with Crippen LogP contribution in [0.3, 0.4) is 0 Å². The average molecular weight is 432 g/mol. The van der Waals surface area contributed by atoms with Gasteiger partial charge in [0.15, 0.2) is 9.84 Å². The number of nitrogens with zero attached hydrogens (tertiary/aromatic N) is 2. The van der Waals surface area contributed by atoms with Crippen molar-refractivity contribution in [2.45, 2.75) is 31.7 Å². The SMILES string of the molecule is CC(/C=C/S(C)(=O)=O)NC(=O)c1cnc(C2CCOCC2)nc1Oc1ccccc1. The summed E-state index contributed by atoms with van der Waals surface area (Å²) >= 11 is 0. The van der Waals surface area contributed by atoms with E-state index in [1.54, 1.807) is 19.1 Å². The molecule has 8 nitrogen and oxygen atoms in total. The third kappa shape index (κ3) is 6.36. The smallest absolute Gasteiger partial charge is 0.258 e. The molecular weight excluding hydrogens is 406 g/mol. The molecule has 1 fully saturated rings. The molecule has 1 aromatic carbocycles. The van der Waals surface area contributed by atoms with Crippen molar-refractivity contribution in [3.8, 4) is 11.6 Å². The van der Waals surface area contributed by atoms with Gasteiger partial charge in [0.1, 0.15) is 17.1 Å². The molecule has 1 aliphatic heterocycles. The molecule has 1 N–H and O–H groups in total. The Balaban J connectivity index is 1.85. The lowest BCUT2D eigenvalue weighted by Crippen LogP contribution is -2.32. The minimum absolute atomic E-state index is 0.144. The lowest BCUT2D eigenvalue weighted by atomic mass is 9.99. The molecule has 3 rings (SSSR count). The highest BCUT2D eigenvalue weighted by Gasteiger charge is 2.23. The third-order valence-corrected chi connectivity index (χ3v) is 5.19. The summed E-state index contributed by atoms with van der Waals surface area (Å²) in [7, 11) is -3.28. The van der Waals surface area contributed by atoms with Crippen LogP contribution in [0.4, 0.5) is 0 Å². The lowest BCUT2D eigenvalue weighted by molar-refractivity contribution is 0.0833. The summed E-state index contributed by atoms with van der Waals surface area (Å²) in [5, 5.41) is 3.78. The molecule has 0 saturated carbocycles. The molecule has 30 heavy (non-hydrogen) atoms. The van der Waals surface area contributed by atoms with Crippen molar-refractivity contribution in [1.82, 2.24) is 15.3 Å². The molecule has 1 unspecified atom stereocenters. The minimum Gasteiger partial charge on any atom is -0.438 e. The molecule has 0 spiro atoms. The Morgan fingerprint density at radius 2 is 1.97 bits per heavy atom. The number of nitrogens with one attached hydrogen (secondary N) is 1. The van der Waals surface area contributed by atoms with Gasteiger partial charge in [-0.3, -0.25) is 4.79 Å². The summed E-state index contributed by atoms with van der Waals surface area (Å²) < 4.78 is 33.9. The molecule has 0 radical (unpaired) electrons. The number of hydrogen-bond donors (Lipinski definition) is 1. The lowest BCUT2D eigenvalue weighted by Gasteiger charge is -2.21. The quantitative estimate of drug-likeness (QED) is 0.718. The van der Waals surface area contributed by atoms with E-state index in [9.17, 15) is 13.2 Å². The topological polar surface area (TPSA) is 107 Å². The van der Waals surface area contributed by atoms with Gasteiger partial charge in [0.25, 0.3) is 5.91 Å². The van der Waals surface area contributed by atoms with Crippen molar-refractivity contribution in [3.63, 3.8) is 0 Å². The number of sulfone groups is 1. The summed E-state index contributed by atoms with van der Waals surface area (Å²) in [6.07, 6.45) is 5.57. The number of amides is 1. The van der Waals surface area contributed by atoms with Crippen LogP contribution in [0.25, 0.3) is 0 Å². The van der Waals surface area contributed by atoms with E-state index in [1.165, 1.54) is 12.3 Å². The van der Waals surface area contributed by atoms with Crippen molar-refractivity contribution in [3.05, 3.63) is 59.4 Å². The zero-order valence-corrected chi connectivity index (χ0v) is 17.8. The fraction of sp³-hybridized carbons (Fsp3) is 0.381. The number of hydrogen-bond acceptors (Lipinski definition) is 7. The van der Waals surface area contributed by atoms with E-state index in [-0.39, 0.29) is 17.4 Å². The van der Waals surface area contributed by atoms with Crippen LogP contribution < -0.4 is 10.1 Å². The second kappa shape index (κ2) is 9.82. The predicted octanol–water partition coefficient (Wildman–Crippen LogP) is 2.84. The Bertz CT molecular complexity index is 1000. The van der Waals surface area contributed by atoms with Crippen LogP contribution in [0.1, 0.15) is 41.9 Å². The van der Waals surface area contributed by atoms with Crippen LogP contribution >= 0.6 is 0 Å². The van der Waals surface area contributed by atoms with Crippen LogP contribution in [0.2, 0.25) is 0 Å². The molecule has 1 amide bonds. The van der Waals surface area contributed by atoms with Gasteiger partial charge in [0.2, 0.25) is 5.88 Å². The summed E-state index contributed by atoms with van der Waals surface area (Å²) in [5.74, 6) is 1.02. The number of carbonyl (C=O) groups is 1. The van der Waals surface area contributed by atoms with Gasteiger partial charge in [0, 0.05) is 43.0 Å². The first-order chi connectivity index (χ1) is 14.3. The van der Waals surface area contributed by atoms with E-state index in [4.69, 9.17) is 9.47 Å². The Hall–Kier alpha value is -2.78. The standard InChI is InChI=1S/C21H25N3O5S/c1-15(10-13-30(2,26)27)23-20(25)18-14-22-19(16-8-11-28-12-9-16)24-21(18)29-17-6-4-3-5-7-17/h3-7,10,13-16H,8-9,11-12H2,1-2H3,(H,23,25)/b13-10+. The summed E-state index contributed by atoms with van der Waals surface area (Å²) in [6, 6.07) is 8.56. The molecule has 1 aliphatic rings. The Morgan fingerprint density at radius 3 is 2.63 bits per heavy atom. The van der Waals surface area contributed by atoms with Crippen LogP contribution in [0.5, 0.6) is 11.6 Å². The van der Waals surface area contributed by atoms with Crippen LogP contribution in [0, 0.1) is 0 Å². The molecule has 0 aliphatic carbocycles. The maximum absolute atomic E-state index is 12.8. The average Bonchev–Trinajstić information content (AvgIpc) is 2.73. The zero-order valence-electron chi connectivity index (χ0n) is 16.9. The molecule has 2 heterocycles. The number of benzene rings is 1. The summed E-state index contributed by atoms with van der Waals surface area (Å²) in [4.78, 5) is 21.7. The summed E-state index contributed by atoms with van der Waals surface area (Å²) in [6.45, 7) is 2.97. The highest BCUT2D eigenvalue weighted by Crippen LogP contribution is 2.28. The molecule has 1 saturated heterocycles. The first-order valence-corrected chi connectivity index (χ1v) is 11.6. The van der Waals surface area contributed by atoms with Gasteiger partial charge in [-0.1, -0.05) is 24.3 Å². The Kier molecular flexibility index (Phi) is 7.17. The largest absolute Gasteiger partial charge is 0.438 e. The first kappa shape index (κ1) is 21.9. The number of rotatable bonds is 7. The molecular formula is C21H25N3O5S. The number of aromatic nitrogens is 2. The molecule has 160 valence electrons. The van der Waals surface area contributed by atoms with Crippen molar-refractivity contribution >= 4 is 15.7 Å². The fourth-order valence-electron chi connectivity index (χ4n) is 2.96. The number of ether oxygens (including phenoxy) is 2. The first-order valence-electron chi connectivity index (χ1n) is 9.68. The van der Waals surface area contributed by atoms with Gasteiger partial charge >= 0.3 is 0 Å². The van der Waals surface area contributed by atoms with Crippen molar-refractivity contribution < 1.29 is 22.7 Å². The van der Waals surface area contributed by atoms with Crippen molar-refractivity contribution in [1.29, 1.82) is 0 Å². The van der Waals surface area contributed by atoms with Gasteiger partial charge < -0.3 is 14.8 Å². The van der Waals surface area contributed by atoms with E-state index < -0.39 is 21.8 Å². The van der Waals surface area contributed by atoms with Gasteiger partial charge in [-0.15, -0.1) is 0 Å². The monoisotopic (exact) mass is 431 g/mol. The number of para-hydroxylation sites is 1. The van der Waals surface area contributed by atoms with Gasteiger partial charge in [-0.25, -0.2) is 13.4 Å². The fourth-order valence-corrected chi connectivity index (χ4v) is 3.48. The van der Waals surface area contributed by atoms with E-state index in [1.807, 2.05) is 18.2 Å². The van der Waals surface area contributed by atoms with Gasteiger partial charge in [-0.2, -0.15) is 4.98 Å². The highest BCUT2D eigenvalue weighted by molar-refractivity contribution is 7.93. The van der Waals surface area contributed by atoms with Crippen LogP contribution in [0.15, 0.2) is 48.0 Å². The second-order valence-corrected chi connectivity index (χ2v) is 9.10. The minimum atomic E-state index is -3.28. The number of carbonyl (C=O) groups excluding carboxylic acids is 1. The van der Waals surface area contributed by atoms with Gasteiger partial charge in [0.05, 0.1) is 0 Å². The van der Waals surface area contributed by atoms with E-state index in [2.05, 4.69) is 15.3 Å². The Morgan fingerprint density at radius 1 is 1.27 bits per heavy atom. The maximum atomic E-state index is 12.8. The van der Waals surface area contributed by atoms with E-state index in [0.29, 0.717) is 24.8 Å². The zero-order chi connectivity index (χ0) is 21.6. The maximum Gasteiger partial charge on any atom is 0.258 e. The van der Waals surface area contributed by atoms with Crippen molar-refractivity contribution in [2.75, 3.05) is 19.5 Å². The summed E-state index contributed by atoms with van der Waals surface area (Å²) in [5.41, 5.74) is 0.175. The van der Waals surface area contributed by atoms with Crippen molar-refractivity contribution in [2.24, 2.45) is 0 Å².